The molecule has 1 aromatic heterocycles. The van der Waals surface area contributed by atoms with Crippen molar-refractivity contribution < 1.29 is 26.9 Å². The highest BCUT2D eigenvalue weighted by atomic mass is 32.2. The third-order valence-electron chi connectivity index (χ3n) is 4.77. The maximum absolute atomic E-state index is 15.0. The molecular formula is C22H21F3N4O3S. The Morgan fingerprint density at radius 3 is 2.61 bits per heavy atom. The van der Waals surface area contributed by atoms with Gasteiger partial charge in [-0.1, -0.05) is 0 Å². The van der Waals surface area contributed by atoms with Crippen LogP contribution in [-0.2, 0) is 15.5 Å². The summed E-state index contributed by atoms with van der Waals surface area (Å²) in [5.74, 6) is -3.01. The summed E-state index contributed by atoms with van der Waals surface area (Å²) >= 11 is 0. The number of nitrogens with one attached hydrogen (secondary N) is 2. The minimum absolute atomic E-state index is 0.00577. The van der Waals surface area contributed by atoms with Crippen LogP contribution >= 0.6 is 0 Å². The van der Waals surface area contributed by atoms with Crippen LogP contribution in [0.4, 0.5) is 24.8 Å². The number of halogens is 3. The van der Waals surface area contributed by atoms with E-state index in [1.165, 1.54) is 6.26 Å². The molecule has 0 spiro atoms. The van der Waals surface area contributed by atoms with Crippen LogP contribution in [0.3, 0.4) is 0 Å². The van der Waals surface area contributed by atoms with Gasteiger partial charge in [0.1, 0.15) is 11.4 Å². The number of benzene rings is 2. The molecule has 6 bridgehead atoms. The van der Waals surface area contributed by atoms with E-state index in [1.807, 2.05) is 0 Å². The van der Waals surface area contributed by atoms with E-state index >= 15 is 4.39 Å². The largest absolute Gasteiger partial charge is 0.494 e. The number of rotatable bonds is 2. The Kier molecular flexibility index (Phi) is 6.41. The van der Waals surface area contributed by atoms with Gasteiger partial charge in [-0.15, -0.1) is 0 Å². The molecule has 11 heteroatoms. The van der Waals surface area contributed by atoms with Gasteiger partial charge in [-0.2, -0.15) is 0 Å². The lowest BCUT2D eigenvalue weighted by molar-refractivity contribution is 0.252. The van der Waals surface area contributed by atoms with Gasteiger partial charge in [0.05, 0.1) is 25.2 Å². The van der Waals surface area contributed by atoms with Gasteiger partial charge in [0, 0.05) is 33.3 Å². The lowest BCUT2D eigenvalue weighted by atomic mass is 10.1. The summed E-state index contributed by atoms with van der Waals surface area (Å²) in [4.78, 5) is 7.97. The highest BCUT2D eigenvalue weighted by molar-refractivity contribution is 7.90. The standard InChI is InChI=1S/C22H21F3N4O3S/c1-33(26,30)12-13-8-14-10-15(9-13)31-6-2-3-7-32-21-17(23)5-4-16(19(21)25)20-18(24)11-27-22(28-14)29-20/h4-5,8-11,26H,2-3,6-7,12H2,1H3,(H,27,28,29). The third-order valence-corrected chi connectivity index (χ3v) is 5.65. The molecule has 1 aliphatic rings. The van der Waals surface area contributed by atoms with Gasteiger partial charge in [0.2, 0.25) is 5.95 Å². The summed E-state index contributed by atoms with van der Waals surface area (Å²) in [5.41, 5.74) is 0.425. The van der Waals surface area contributed by atoms with Gasteiger partial charge in [-0.05, 0) is 42.7 Å². The maximum Gasteiger partial charge on any atom is 0.227 e. The number of hydrogen-bond acceptors (Lipinski definition) is 7. The van der Waals surface area contributed by atoms with Crippen LogP contribution in [0.5, 0.6) is 11.5 Å². The second kappa shape index (κ2) is 9.26. The van der Waals surface area contributed by atoms with E-state index in [4.69, 9.17) is 14.3 Å². The zero-order valence-electron chi connectivity index (χ0n) is 17.7. The van der Waals surface area contributed by atoms with Crippen LogP contribution in [0.1, 0.15) is 18.4 Å². The second-order valence-electron chi connectivity index (χ2n) is 7.67. The molecule has 1 atom stereocenters. The highest BCUT2D eigenvalue weighted by Gasteiger charge is 2.21. The first kappa shape index (κ1) is 22.8. The van der Waals surface area contributed by atoms with Crippen molar-refractivity contribution in [2.45, 2.75) is 18.6 Å². The summed E-state index contributed by atoms with van der Waals surface area (Å²) in [6.45, 7) is 0.332. The number of ether oxygens (including phenoxy) is 2. The molecule has 0 saturated heterocycles. The summed E-state index contributed by atoms with van der Waals surface area (Å²) in [6.07, 6.45) is 3.21. The molecule has 2 aromatic carbocycles. The molecule has 1 unspecified atom stereocenters. The van der Waals surface area contributed by atoms with Crippen molar-refractivity contribution in [3.8, 4) is 22.8 Å². The molecule has 33 heavy (non-hydrogen) atoms. The van der Waals surface area contributed by atoms with Gasteiger partial charge < -0.3 is 14.8 Å². The van der Waals surface area contributed by atoms with Crippen LogP contribution < -0.4 is 14.8 Å². The van der Waals surface area contributed by atoms with Crippen LogP contribution in [0.2, 0.25) is 0 Å². The molecule has 4 rings (SSSR count). The topological polar surface area (TPSA) is 97.2 Å². The van der Waals surface area contributed by atoms with Crippen LogP contribution in [0, 0.1) is 22.2 Å². The van der Waals surface area contributed by atoms with Crippen LogP contribution in [0.25, 0.3) is 11.3 Å². The van der Waals surface area contributed by atoms with E-state index in [9.17, 15) is 13.0 Å². The summed E-state index contributed by atoms with van der Waals surface area (Å²) < 4.78 is 74.5. The molecule has 2 heterocycles. The molecule has 0 fully saturated rings. The lowest BCUT2D eigenvalue weighted by Gasteiger charge is -2.15. The number of anilines is 2. The zero-order chi connectivity index (χ0) is 23.6. The predicted octanol–water partition coefficient (Wildman–Crippen LogP) is 5.03. The highest BCUT2D eigenvalue weighted by Crippen LogP contribution is 2.33. The minimum Gasteiger partial charge on any atom is -0.494 e. The molecule has 7 nitrogen and oxygen atoms in total. The summed E-state index contributed by atoms with van der Waals surface area (Å²) in [5, 5.41) is 2.91. The Bertz CT molecular complexity index is 1300. The number of fused-ring (bicyclic) bond motifs is 7. The third kappa shape index (κ3) is 5.54. The van der Waals surface area contributed by atoms with Gasteiger partial charge in [-0.3, -0.25) is 4.78 Å². The molecule has 0 saturated carbocycles. The van der Waals surface area contributed by atoms with E-state index in [0.717, 1.165) is 18.3 Å². The van der Waals surface area contributed by atoms with Gasteiger partial charge in [-0.25, -0.2) is 27.3 Å². The first-order chi connectivity index (χ1) is 15.7. The number of hydrogen-bond donors (Lipinski definition) is 2. The molecule has 0 radical (unpaired) electrons. The minimum atomic E-state index is -2.82. The van der Waals surface area contributed by atoms with Gasteiger partial charge in [0.25, 0.3) is 0 Å². The molecule has 0 aliphatic carbocycles. The van der Waals surface area contributed by atoms with E-state index in [-0.39, 0.29) is 29.6 Å². The Labute approximate surface area is 189 Å². The van der Waals surface area contributed by atoms with Crippen molar-refractivity contribution in [2.24, 2.45) is 0 Å². The van der Waals surface area contributed by atoms with E-state index in [2.05, 4.69) is 15.3 Å². The Balaban J connectivity index is 1.80. The first-order valence-corrected chi connectivity index (χ1v) is 12.2. The van der Waals surface area contributed by atoms with Gasteiger partial charge >= 0.3 is 0 Å². The van der Waals surface area contributed by atoms with E-state index in [0.29, 0.717) is 36.4 Å². The van der Waals surface area contributed by atoms with E-state index in [1.54, 1.807) is 18.2 Å². The van der Waals surface area contributed by atoms with Crippen LogP contribution in [0.15, 0.2) is 36.5 Å². The lowest BCUT2D eigenvalue weighted by Crippen LogP contribution is -2.08. The fourth-order valence-electron chi connectivity index (χ4n) is 3.38. The van der Waals surface area contributed by atoms with Crippen molar-refractivity contribution in [2.75, 3.05) is 24.8 Å². The van der Waals surface area contributed by atoms with E-state index < -0.39 is 32.9 Å². The monoisotopic (exact) mass is 478 g/mol. The SMILES string of the molecule is CS(=N)(=O)Cc1cc2cc(c1)OCCCCOc1c(F)ccc(c1F)-c1nc(ncc1F)N2. The number of aromatic nitrogens is 2. The average Bonchev–Trinajstić information content (AvgIpc) is 2.72. The molecule has 3 aromatic rings. The second-order valence-corrected chi connectivity index (χ2v) is 9.97. The molecule has 2 N–H and O–H groups in total. The summed E-state index contributed by atoms with van der Waals surface area (Å²) in [7, 11) is -2.82. The smallest absolute Gasteiger partial charge is 0.227 e. The van der Waals surface area contributed by atoms with Crippen molar-refractivity contribution in [3.05, 3.63) is 59.5 Å². The Morgan fingerprint density at radius 2 is 1.85 bits per heavy atom. The number of nitrogens with zero attached hydrogens (tertiary/aromatic N) is 2. The van der Waals surface area contributed by atoms with Crippen molar-refractivity contribution >= 4 is 21.4 Å². The molecule has 0 amide bonds. The van der Waals surface area contributed by atoms with Crippen molar-refractivity contribution in [1.82, 2.24) is 9.97 Å². The van der Waals surface area contributed by atoms with Gasteiger partial charge in [0.15, 0.2) is 23.2 Å². The first-order valence-electron chi connectivity index (χ1n) is 10.1. The fourth-order valence-corrected chi connectivity index (χ4v) is 4.18. The van der Waals surface area contributed by atoms with Crippen molar-refractivity contribution in [3.63, 3.8) is 0 Å². The zero-order valence-corrected chi connectivity index (χ0v) is 18.5. The van der Waals surface area contributed by atoms with Crippen molar-refractivity contribution in [1.29, 1.82) is 4.78 Å². The quantitative estimate of drug-likeness (QED) is 0.536. The average molecular weight is 478 g/mol. The maximum atomic E-state index is 15.0. The Hall–Kier alpha value is -3.34. The molecular weight excluding hydrogens is 457 g/mol. The van der Waals surface area contributed by atoms with Crippen LogP contribution in [-0.4, -0.2) is 33.6 Å². The molecule has 1 aliphatic heterocycles. The normalized spacial score (nSPS) is 15.5. The molecule has 174 valence electrons. The Morgan fingerprint density at radius 1 is 1.09 bits per heavy atom. The predicted molar refractivity (Wildman–Crippen MR) is 118 cm³/mol. The summed E-state index contributed by atoms with van der Waals surface area (Å²) in [6, 6.07) is 7.10. The fraction of sp³-hybridized carbons (Fsp3) is 0.273.